The second-order valence-corrected chi connectivity index (χ2v) is 4.50. The van der Waals surface area contributed by atoms with Crippen molar-refractivity contribution in [2.45, 2.75) is 25.8 Å². The number of hydrogen-bond acceptors (Lipinski definition) is 4. The molecule has 3 N–H and O–H groups in total. The van der Waals surface area contributed by atoms with Crippen LogP contribution in [0.4, 0.5) is 5.69 Å². The van der Waals surface area contributed by atoms with Gasteiger partial charge in [0.05, 0.1) is 24.4 Å². The van der Waals surface area contributed by atoms with Crippen LogP contribution < -0.4 is 11.1 Å². The Labute approximate surface area is 117 Å². The second kappa shape index (κ2) is 7.11. The molecule has 0 spiro atoms. The molecule has 0 aromatic heterocycles. The van der Waals surface area contributed by atoms with Crippen molar-refractivity contribution in [2.24, 2.45) is 5.73 Å². The molecule has 1 aromatic carbocycles. The molecule has 1 unspecified atom stereocenters. The number of methoxy groups -OCH3 is 1. The fourth-order valence-corrected chi connectivity index (χ4v) is 1.75. The van der Waals surface area contributed by atoms with E-state index in [1.165, 1.54) is 19.2 Å². The van der Waals surface area contributed by atoms with E-state index in [2.05, 4.69) is 10.1 Å². The molecule has 0 saturated heterocycles. The molecule has 6 heteroatoms. The molecule has 19 heavy (non-hydrogen) atoms. The number of nitrogens with one attached hydrogen (secondary N) is 1. The minimum absolute atomic E-state index is 0.240. The SMILES string of the molecule is CCCC(N)C(=O)Nc1cc(Cl)ccc1C(=O)OC. The maximum atomic E-state index is 11.8. The molecule has 104 valence electrons. The van der Waals surface area contributed by atoms with Crippen LogP contribution in [0.1, 0.15) is 30.1 Å². The normalized spacial score (nSPS) is 11.8. The Balaban J connectivity index is 2.96. The van der Waals surface area contributed by atoms with Gasteiger partial charge in [-0.1, -0.05) is 24.9 Å². The maximum Gasteiger partial charge on any atom is 0.339 e. The molecule has 0 aliphatic rings. The summed E-state index contributed by atoms with van der Waals surface area (Å²) in [6.07, 6.45) is 1.37. The minimum Gasteiger partial charge on any atom is -0.465 e. The number of nitrogens with two attached hydrogens (primary N) is 1. The van der Waals surface area contributed by atoms with E-state index in [1.54, 1.807) is 6.07 Å². The van der Waals surface area contributed by atoms with Crippen LogP contribution in [0.3, 0.4) is 0 Å². The van der Waals surface area contributed by atoms with E-state index in [0.717, 1.165) is 6.42 Å². The zero-order valence-corrected chi connectivity index (χ0v) is 11.7. The van der Waals surface area contributed by atoms with Gasteiger partial charge in [0.2, 0.25) is 5.91 Å². The van der Waals surface area contributed by atoms with Crippen molar-refractivity contribution < 1.29 is 14.3 Å². The standard InChI is InChI=1S/C13H17ClN2O3/c1-3-4-10(15)12(17)16-11-7-8(14)5-6-9(11)13(18)19-2/h5-7,10H,3-4,15H2,1-2H3,(H,16,17). The third-order valence-corrected chi connectivity index (χ3v) is 2.82. The average molecular weight is 285 g/mol. The number of amides is 1. The van der Waals surface area contributed by atoms with Crippen molar-refractivity contribution in [3.8, 4) is 0 Å². The van der Waals surface area contributed by atoms with Crippen LogP contribution in [0.2, 0.25) is 5.02 Å². The molecule has 0 aliphatic heterocycles. The summed E-state index contributed by atoms with van der Waals surface area (Å²) >= 11 is 5.85. The number of benzene rings is 1. The van der Waals surface area contributed by atoms with E-state index in [9.17, 15) is 9.59 Å². The lowest BCUT2D eigenvalue weighted by atomic mass is 10.1. The van der Waals surface area contributed by atoms with Crippen LogP contribution in [0.25, 0.3) is 0 Å². The molecule has 1 rings (SSSR count). The number of anilines is 1. The number of hydrogen-bond donors (Lipinski definition) is 2. The molecule has 1 amide bonds. The third-order valence-electron chi connectivity index (χ3n) is 2.58. The molecule has 0 heterocycles. The summed E-state index contributed by atoms with van der Waals surface area (Å²) in [6, 6.07) is 3.92. The number of ether oxygens (including phenoxy) is 1. The molecular weight excluding hydrogens is 268 g/mol. The Hall–Kier alpha value is -1.59. The average Bonchev–Trinajstić information content (AvgIpc) is 2.38. The van der Waals surface area contributed by atoms with Crippen LogP contribution in [-0.4, -0.2) is 25.0 Å². The van der Waals surface area contributed by atoms with Crippen molar-refractivity contribution in [2.75, 3.05) is 12.4 Å². The van der Waals surface area contributed by atoms with Crippen molar-refractivity contribution in [1.29, 1.82) is 0 Å². The topological polar surface area (TPSA) is 81.4 Å². The van der Waals surface area contributed by atoms with E-state index in [-0.39, 0.29) is 11.5 Å². The highest BCUT2D eigenvalue weighted by atomic mass is 35.5. The van der Waals surface area contributed by atoms with E-state index in [0.29, 0.717) is 17.1 Å². The molecule has 1 aromatic rings. The molecule has 0 saturated carbocycles. The summed E-state index contributed by atoms with van der Waals surface area (Å²) < 4.78 is 4.64. The smallest absolute Gasteiger partial charge is 0.339 e. The highest BCUT2D eigenvalue weighted by molar-refractivity contribution is 6.31. The lowest BCUT2D eigenvalue weighted by molar-refractivity contribution is -0.117. The van der Waals surface area contributed by atoms with Gasteiger partial charge in [0.1, 0.15) is 0 Å². The Morgan fingerprint density at radius 1 is 1.47 bits per heavy atom. The van der Waals surface area contributed by atoms with Crippen molar-refractivity contribution in [3.63, 3.8) is 0 Å². The summed E-state index contributed by atoms with van der Waals surface area (Å²) in [7, 11) is 1.27. The lowest BCUT2D eigenvalue weighted by Gasteiger charge is -2.13. The fraction of sp³-hybridized carbons (Fsp3) is 0.385. The van der Waals surface area contributed by atoms with E-state index >= 15 is 0 Å². The first-order valence-electron chi connectivity index (χ1n) is 5.94. The number of carbonyl (C=O) groups is 2. The largest absolute Gasteiger partial charge is 0.465 e. The van der Waals surface area contributed by atoms with Gasteiger partial charge in [0.25, 0.3) is 0 Å². The Bertz CT molecular complexity index is 477. The summed E-state index contributed by atoms with van der Waals surface area (Å²) in [5.74, 6) is -0.898. The van der Waals surface area contributed by atoms with Crippen LogP contribution in [-0.2, 0) is 9.53 Å². The maximum absolute atomic E-state index is 11.8. The summed E-state index contributed by atoms with van der Waals surface area (Å²) in [5, 5.41) is 3.01. The zero-order valence-electron chi connectivity index (χ0n) is 10.9. The van der Waals surface area contributed by atoms with Crippen LogP contribution in [0, 0.1) is 0 Å². The zero-order chi connectivity index (χ0) is 14.4. The van der Waals surface area contributed by atoms with Crippen molar-refractivity contribution in [1.82, 2.24) is 0 Å². The number of carbonyl (C=O) groups excluding carboxylic acids is 2. The van der Waals surface area contributed by atoms with Gasteiger partial charge in [-0.3, -0.25) is 4.79 Å². The second-order valence-electron chi connectivity index (χ2n) is 4.07. The molecule has 1 atom stereocenters. The Kier molecular flexibility index (Phi) is 5.79. The molecule has 5 nitrogen and oxygen atoms in total. The first kappa shape index (κ1) is 15.5. The predicted octanol–water partition coefficient (Wildman–Crippen LogP) is 2.19. The van der Waals surface area contributed by atoms with Gasteiger partial charge in [-0.15, -0.1) is 0 Å². The molecule has 0 radical (unpaired) electrons. The number of rotatable bonds is 5. The summed E-state index contributed by atoms with van der Waals surface area (Å²) in [4.78, 5) is 23.4. The van der Waals surface area contributed by atoms with E-state index < -0.39 is 12.0 Å². The highest BCUT2D eigenvalue weighted by Gasteiger charge is 2.17. The van der Waals surface area contributed by atoms with Gasteiger partial charge in [-0.25, -0.2) is 4.79 Å². The van der Waals surface area contributed by atoms with Gasteiger partial charge in [0, 0.05) is 5.02 Å². The fourth-order valence-electron chi connectivity index (χ4n) is 1.58. The Morgan fingerprint density at radius 2 is 2.16 bits per heavy atom. The van der Waals surface area contributed by atoms with E-state index in [1.807, 2.05) is 6.92 Å². The predicted molar refractivity (Wildman–Crippen MR) is 74.3 cm³/mol. The van der Waals surface area contributed by atoms with Gasteiger partial charge in [-0.2, -0.15) is 0 Å². The first-order valence-corrected chi connectivity index (χ1v) is 6.31. The monoisotopic (exact) mass is 284 g/mol. The third kappa shape index (κ3) is 4.22. The summed E-state index contributed by atoms with van der Waals surface area (Å²) in [5.41, 5.74) is 6.25. The Morgan fingerprint density at radius 3 is 2.74 bits per heavy atom. The van der Waals surface area contributed by atoms with Crippen LogP contribution in [0.15, 0.2) is 18.2 Å². The first-order chi connectivity index (χ1) is 8.99. The molecule has 0 bridgehead atoms. The van der Waals surface area contributed by atoms with Gasteiger partial charge < -0.3 is 15.8 Å². The lowest BCUT2D eigenvalue weighted by Crippen LogP contribution is -2.35. The number of halogens is 1. The van der Waals surface area contributed by atoms with Crippen molar-refractivity contribution in [3.05, 3.63) is 28.8 Å². The van der Waals surface area contributed by atoms with Gasteiger partial charge in [-0.05, 0) is 24.6 Å². The van der Waals surface area contributed by atoms with Gasteiger partial charge in [0.15, 0.2) is 0 Å². The van der Waals surface area contributed by atoms with Crippen LogP contribution in [0.5, 0.6) is 0 Å². The van der Waals surface area contributed by atoms with Gasteiger partial charge >= 0.3 is 5.97 Å². The summed E-state index contributed by atoms with van der Waals surface area (Å²) in [6.45, 7) is 1.94. The molecule has 0 aliphatic carbocycles. The van der Waals surface area contributed by atoms with E-state index in [4.69, 9.17) is 17.3 Å². The highest BCUT2D eigenvalue weighted by Crippen LogP contribution is 2.22. The number of esters is 1. The molecule has 0 fully saturated rings. The molecular formula is C13H17ClN2O3. The quantitative estimate of drug-likeness (QED) is 0.812. The minimum atomic E-state index is -0.616. The van der Waals surface area contributed by atoms with Crippen LogP contribution >= 0.6 is 11.6 Å². The van der Waals surface area contributed by atoms with Crippen molar-refractivity contribution >= 4 is 29.2 Å².